The van der Waals surface area contributed by atoms with Gasteiger partial charge in [-0.2, -0.15) is 0 Å². The van der Waals surface area contributed by atoms with Gasteiger partial charge in [0, 0.05) is 0 Å². The molecule has 1 nitrogen and oxygen atoms in total. The van der Waals surface area contributed by atoms with Gasteiger partial charge in [-0.3, -0.25) is 0 Å². The SMILES string of the molecule is Cc1ccccc1[P+](c1ccccc1C)(c1ccccc1C)c1ccccc1C.[OH-]. The van der Waals surface area contributed by atoms with Gasteiger partial charge in [-0.1, -0.05) is 72.8 Å². The zero-order chi connectivity index (χ0) is 20.4. The smallest absolute Gasteiger partial charge is 0.145 e. The fourth-order valence-corrected chi connectivity index (χ4v) is 9.75. The largest absolute Gasteiger partial charge is 0.870 e. The minimum absolute atomic E-state index is 0. The van der Waals surface area contributed by atoms with Crippen LogP contribution in [-0.4, -0.2) is 5.48 Å². The molecule has 0 spiro atoms. The molecule has 1 N–H and O–H groups in total. The maximum Gasteiger partial charge on any atom is 0.145 e. The van der Waals surface area contributed by atoms with Crippen LogP contribution in [0.5, 0.6) is 0 Å². The Morgan fingerprint density at radius 1 is 0.367 bits per heavy atom. The van der Waals surface area contributed by atoms with Gasteiger partial charge in [0.25, 0.3) is 0 Å². The molecular formula is C28H29OP. The van der Waals surface area contributed by atoms with Crippen LogP contribution in [0.15, 0.2) is 97.1 Å². The van der Waals surface area contributed by atoms with E-state index in [0.717, 1.165) is 0 Å². The topological polar surface area (TPSA) is 30.0 Å². The number of benzene rings is 4. The molecule has 4 aromatic carbocycles. The monoisotopic (exact) mass is 412 g/mol. The van der Waals surface area contributed by atoms with Crippen LogP contribution in [0.4, 0.5) is 0 Å². The molecule has 0 aromatic heterocycles. The predicted octanol–water partition coefficient (Wildman–Crippen LogP) is 5.36. The molecule has 0 fully saturated rings. The Morgan fingerprint density at radius 2 is 0.567 bits per heavy atom. The summed E-state index contributed by atoms with van der Waals surface area (Å²) in [5, 5.41) is 5.83. The lowest BCUT2D eigenvalue weighted by Crippen LogP contribution is -2.42. The summed E-state index contributed by atoms with van der Waals surface area (Å²) in [5.41, 5.74) is 5.43. The molecule has 0 heterocycles. The van der Waals surface area contributed by atoms with Gasteiger partial charge in [-0.05, 0) is 74.2 Å². The van der Waals surface area contributed by atoms with E-state index in [1.165, 1.54) is 43.5 Å². The Morgan fingerprint density at radius 3 is 0.767 bits per heavy atom. The van der Waals surface area contributed by atoms with E-state index in [0.29, 0.717) is 0 Å². The van der Waals surface area contributed by atoms with Crippen molar-refractivity contribution in [2.45, 2.75) is 27.7 Å². The van der Waals surface area contributed by atoms with Crippen LogP contribution in [0.1, 0.15) is 22.3 Å². The summed E-state index contributed by atoms with van der Waals surface area (Å²) >= 11 is 0. The Hall–Kier alpha value is -2.73. The summed E-state index contributed by atoms with van der Waals surface area (Å²) < 4.78 is 0. The quantitative estimate of drug-likeness (QED) is 0.415. The molecule has 30 heavy (non-hydrogen) atoms. The Labute approximate surface area is 181 Å². The standard InChI is InChI=1S/C28H28P.H2O/c1-21-13-5-9-17-25(21)29(26-18-10-6-14-22(26)2,27-19-11-7-15-23(27)3)28-20-12-8-16-24(28)4;/h5-20H,1-4H3;1H2/q+1;/p-1. The summed E-state index contributed by atoms with van der Waals surface area (Å²) in [7, 11) is -2.06. The Kier molecular flexibility index (Phi) is 6.56. The molecule has 0 radical (unpaired) electrons. The first-order valence-electron chi connectivity index (χ1n) is 10.2. The highest BCUT2D eigenvalue weighted by Crippen LogP contribution is 2.56. The summed E-state index contributed by atoms with van der Waals surface area (Å²) in [5.74, 6) is 0. The van der Waals surface area contributed by atoms with Crippen LogP contribution in [0.25, 0.3) is 0 Å². The van der Waals surface area contributed by atoms with Gasteiger partial charge in [0.05, 0.1) is 0 Å². The van der Waals surface area contributed by atoms with E-state index in [1.807, 2.05) is 0 Å². The highest BCUT2D eigenvalue weighted by molar-refractivity contribution is 8.01. The van der Waals surface area contributed by atoms with Gasteiger partial charge in [-0.15, -0.1) is 0 Å². The normalized spacial score (nSPS) is 11.1. The van der Waals surface area contributed by atoms with Crippen molar-refractivity contribution in [2.24, 2.45) is 0 Å². The highest BCUT2D eigenvalue weighted by atomic mass is 31.2. The van der Waals surface area contributed by atoms with Crippen molar-refractivity contribution in [3.63, 3.8) is 0 Å². The van der Waals surface area contributed by atoms with E-state index < -0.39 is 7.26 Å². The van der Waals surface area contributed by atoms with E-state index in [1.54, 1.807) is 0 Å². The minimum atomic E-state index is -2.06. The number of aryl methyl sites for hydroxylation is 4. The summed E-state index contributed by atoms with van der Waals surface area (Å²) in [6.07, 6.45) is 0. The first-order valence-corrected chi connectivity index (χ1v) is 12.0. The third kappa shape index (κ3) is 3.49. The molecule has 4 aromatic rings. The van der Waals surface area contributed by atoms with Gasteiger partial charge in [0.1, 0.15) is 28.5 Å². The fraction of sp³-hybridized carbons (Fsp3) is 0.143. The van der Waals surface area contributed by atoms with Crippen LogP contribution >= 0.6 is 7.26 Å². The zero-order valence-corrected chi connectivity index (χ0v) is 19.0. The Balaban J connectivity index is 0.00000256. The maximum atomic E-state index is 2.36. The van der Waals surface area contributed by atoms with E-state index in [2.05, 4.69) is 125 Å². The lowest BCUT2D eigenvalue weighted by molar-refractivity contribution is 0.824. The predicted molar refractivity (Wildman–Crippen MR) is 132 cm³/mol. The van der Waals surface area contributed by atoms with Gasteiger partial charge < -0.3 is 5.48 Å². The fourth-order valence-electron chi connectivity index (χ4n) is 4.54. The van der Waals surface area contributed by atoms with Crippen LogP contribution in [-0.2, 0) is 0 Å². The highest BCUT2D eigenvalue weighted by Gasteiger charge is 2.51. The number of rotatable bonds is 4. The second-order valence-electron chi connectivity index (χ2n) is 7.82. The molecule has 4 rings (SSSR count). The van der Waals surface area contributed by atoms with Crippen LogP contribution in [0, 0.1) is 27.7 Å². The first-order chi connectivity index (χ1) is 14.1. The lowest BCUT2D eigenvalue weighted by atomic mass is 10.2. The second kappa shape index (κ2) is 8.96. The van der Waals surface area contributed by atoms with Gasteiger partial charge in [-0.25, -0.2) is 0 Å². The van der Waals surface area contributed by atoms with Crippen molar-refractivity contribution in [1.29, 1.82) is 0 Å². The van der Waals surface area contributed by atoms with Crippen LogP contribution in [0.2, 0.25) is 0 Å². The summed E-state index contributed by atoms with van der Waals surface area (Å²) in [6, 6.07) is 35.9. The molecule has 0 aliphatic heterocycles. The number of hydrogen-bond acceptors (Lipinski definition) is 1. The molecule has 0 unspecified atom stereocenters. The first kappa shape index (κ1) is 22.0. The van der Waals surface area contributed by atoms with E-state index in [4.69, 9.17) is 0 Å². The van der Waals surface area contributed by atoms with Gasteiger partial charge >= 0.3 is 0 Å². The molecule has 152 valence electrons. The van der Waals surface area contributed by atoms with Crippen molar-refractivity contribution in [2.75, 3.05) is 0 Å². The zero-order valence-electron chi connectivity index (χ0n) is 18.1. The van der Waals surface area contributed by atoms with Crippen LogP contribution in [0.3, 0.4) is 0 Å². The van der Waals surface area contributed by atoms with Gasteiger partial charge in [0.2, 0.25) is 0 Å². The number of hydrogen-bond donors (Lipinski definition) is 0. The average Bonchev–Trinajstić information content (AvgIpc) is 2.73. The average molecular weight is 413 g/mol. The summed E-state index contributed by atoms with van der Waals surface area (Å²) in [4.78, 5) is 0. The van der Waals surface area contributed by atoms with Crippen molar-refractivity contribution < 1.29 is 5.48 Å². The minimum Gasteiger partial charge on any atom is -0.870 e. The lowest BCUT2D eigenvalue weighted by Gasteiger charge is -2.31. The molecule has 2 heteroatoms. The van der Waals surface area contributed by atoms with Crippen molar-refractivity contribution in [3.8, 4) is 0 Å². The molecule has 0 aliphatic carbocycles. The van der Waals surface area contributed by atoms with Gasteiger partial charge in [0.15, 0.2) is 0 Å². The molecule has 0 amide bonds. The Bertz CT molecular complexity index is 975. The third-order valence-electron chi connectivity index (χ3n) is 5.91. The van der Waals surface area contributed by atoms with E-state index >= 15 is 0 Å². The summed E-state index contributed by atoms with van der Waals surface area (Å²) in [6.45, 7) is 9.05. The van der Waals surface area contributed by atoms with Crippen molar-refractivity contribution >= 4 is 28.5 Å². The third-order valence-corrected chi connectivity index (χ3v) is 10.8. The molecule has 0 atom stereocenters. The molecule has 0 saturated heterocycles. The van der Waals surface area contributed by atoms with E-state index in [9.17, 15) is 0 Å². The molecular weight excluding hydrogens is 383 g/mol. The maximum absolute atomic E-state index is 2.36. The van der Waals surface area contributed by atoms with Crippen molar-refractivity contribution in [1.82, 2.24) is 0 Å². The van der Waals surface area contributed by atoms with Crippen molar-refractivity contribution in [3.05, 3.63) is 119 Å². The van der Waals surface area contributed by atoms with Crippen LogP contribution < -0.4 is 21.2 Å². The van der Waals surface area contributed by atoms with E-state index in [-0.39, 0.29) is 5.48 Å². The molecule has 0 bridgehead atoms. The molecule has 0 saturated carbocycles. The second-order valence-corrected chi connectivity index (χ2v) is 11.1. The molecule has 0 aliphatic rings.